The van der Waals surface area contributed by atoms with E-state index < -0.39 is 4.92 Å². The molecule has 1 fully saturated rings. The fraction of sp³-hybridized carbons (Fsp3) is 0.300. The van der Waals surface area contributed by atoms with Crippen LogP contribution < -0.4 is 9.47 Å². The van der Waals surface area contributed by atoms with Crippen LogP contribution in [0.1, 0.15) is 24.2 Å². The van der Waals surface area contributed by atoms with Crippen molar-refractivity contribution in [3.05, 3.63) is 58.1 Å². The van der Waals surface area contributed by atoms with Crippen LogP contribution in [-0.4, -0.2) is 46.4 Å². The minimum absolute atomic E-state index is 0.105. The maximum absolute atomic E-state index is 13.2. The van der Waals surface area contributed by atoms with Crippen LogP contribution in [0.2, 0.25) is 0 Å². The van der Waals surface area contributed by atoms with Gasteiger partial charge in [0.2, 0.25) is 0 Å². The van der Waals surface area contributed by atoms with Crippen LogP contribution in [0.3, 0.4) is 0 Å². The number of methoxy groups -OCH3 is 1. The number of nitro benzene ring substituents is 1. The third kappa shape index (κ3) is 4.34. The Morgan fingerprint density at radius 2 is 2.07 bits per heavy atom. The SMILES string of the molecule is CCOc1ccccc1N=C1SC[C@H](C)N1C(=O)c1ccc(OC)c([N+](=O)[O-])c1. The number of carbonyl (C=O) groups is 1. The molecule has 0 unspecified atom stereocenters. The molecule has 1 amide bonds. The number of hydrogen-bond donors (Lipinski definition) is 0. The van der Waals surface area contributed by atoms with Gasteiger partial charge in [-0.05, 0) is 38.1 Å². The minimum Gasteiger partial charge on any atom is -0.492 e. The smallest absolute Gasteiger partial charge is 0.311 e. The number of aliphatic imine (C=N–C) groups is 1. The van der Waals surface area contributed by atoms with E-state index in [-0.39, 0.29) is 28.9 Å². The second kappa shape index (κ2) is 8.95. The van der Waals surface area contributed by atoms with E-state index in [0.29, 0.717) is 29.0 Å². The molecule has 0 spiro atoms. The van der Waals surface area contributed by atoms with Crippen molar-refractivity contribution >= 4 is 34.2 Å². The zero-order valence-electron chi connectivity index (χ0n) is 16.3. The first-order valence-electron chi connectivity index (χ1n) is 9.05. The zero-order valence-corrected chi connectivity index (χ0v) is 17.1. The minimum atomic E-state index is -0.564. The fourth-order valence-electron chi connectivity index (χ4n) is 2.94. The van der Waals surface area contributed by atoms with E-state index in [0.717, 1.165) is 0 Å². The molecule has 1 saturated heterocycles. The number of nitro groups is 1. The van der Waals surface area contributed by atoms with Crippen LogP contribution in [0.15, 0.2) is 47.5 Å². The number of thioether (sulfide) groups is 1. The Morgan fingerprint density at radius 3 is 2.76 bits per heavy atom. The molecule has 0 aliphatic carbocycles. The molecule has 0 bridgehead atoms. The second-order valence-electron chi connectivity index (χ2n) is 6.27. The van der Waals surface area contributed by atoms with Gasteiger partial charge in [0.15, 0.2) is 10.9 Å². The van der Waals surface area contributed by atoms with Gasteiger partial charge in [-0.25, -0.2) is 4.99 Å². The van der Waals surface area contributed by atoms with Gasteiger partial charge >= 0.3 is 5.69 Å². The molecule has 9 heteroatoms. The molecule has 1 atom stereocenters. The Morgan fingerprint density at radius 1 is 1.31 bits per heavy atom. The van der Waals surface area contributed by atoms with Crippen molar-refractivity contribution in [3.63, 3.8) is 0 Å². The fourth-order valence-corrected chi connectivity index (χ4v) is 4.04. The molecule has 3 rings (SSSR count). The molecule has 2 aromatic rings. The predicted molar refractivity (Wildman–Crippen MR) is 112 cm³/mol. The van der Waals surface area contributed by atoms with Crippen molar-refractivity contribution in [2.24, 2.45) is 4.99 Å². The van der Waals surface area contributed by atoms with Crippen LogP contribution in [0.25, 0.3) is 0 Å². The normalized spacial score (nSPS) is 17.4. The molecule has 0 radical (unpaired) electrons. The first-order valence-corrected chi connectivity index (χ1v) is 10.0. The largest absolute Gasteiger partial charge is 0.492 e. The molecule has 8 nitrogen and oxygen atoms in total. The number of carbonyl (C=O) groups excluding carboxylic acids is 1. The van der Waals surface area contributed by atoms with Crippen LogP contribution in [0, 0.1) is 10.1 Å². The van der Waals surface area contributed by atoms with E-state index >= 15 is 0 Å². The average Bonchev–Trinajstić information content (AvgIpc) is 3.08. The van der Waals surface area contributed by atoms with E-state index in [1.54, 1.807) is 4.90 Å². The Hall–Kier alpha value is -3.07. The molecule has 1 heterocycles. The van der Waals surface area contributed by atoms with Gasteiger partial charge in [0.05, 0.1) is 18.6 Å². The Bertz CT molecular complexity index is 963. The first-order chi connectivity index (χ1) is 14.0. The van der Waals surface area contributed by atoms with Crippen LogP contribution in [0.4, 0.5) is 11.4 Å². The van der Waals surface area contributed by atoms with Gasteiger partial charge in [-0.1, -0.05) is 23.9 Å². The Kier molecular flexibility index (Phi) is 6.38. The lowest BCUT2D eigenvalue weighted by atomic mass is 10.1. The number of benzene rings is 2. The lowest BCUT2D eigenvalue weighted by molar-refractivity contribution is -0.385. The third-order valence-corrected chi connectivity index (χ3v) is 5.52. The Balaban J connectivity index is 1.97. The molecular formula is C20H21N3O5S. The molecule has 2 aromatic carbocycles. The summed E-state index contributed by atoms with van der Waals surface area (Å²) in [6.07, 6.45) is 0. The number of amides is 1. The van der Waals surface area contributed by atoms with E-state index in [2.05, 4.69) is 4.99 Å². The highest BCUT2D eigenvalue weighted by Gasteiger charge is 2.34. The topological polar surface area (TPSA) is 94.3 Å². The van der Waals surface area contributed by atoms with Gasteiger partial charge < -0.3 is 9.47 Å². The van der Waals surface area contributed by atoms with Gasteiger partial charge in [0.25, 0.3) is 5.91 Å². The van der Waals surface area contributed by atoms with Crippen molar-refractivity contribution in [3.8, 4) is 11.5 Å². The molecule has 0 N–H and O–H groups in total. The quantitative estimate of drug-likeness (QED) is 0.517. The summed E-state index contributed by atoms with van der Waals surface area (Å²) in [7, 11) is 1.35. The number of hydrogen-bond acceptors (Lipinski definition) is 7. The summed E-state index contributed by atoms with van der Waals surface area (Å²) in [5, 5.41) is 11.8. The molecule has 0 saturated carbocycles. The summed E-state index contributed by atoms with van der Waals surface area (Å²) in [6.45, 7) is 4.31. The number of ether oxygens (including phenoxy) is 2. The summed E-state index contributed by atoms with van der Waals surface area (Å²) in [4.78, 5) is 30.1. The molecule has 1 aliphatic rings. The van der Waals surface area contributed by atoms with Crippen molar-refractivity contribution in [2.45, 2.75) is 19.9 Å². The lowest BCUT2D eigenvalue weighted by Crippen LogP contribution is -2.37. The number of amidine groups is 1. The summed E-state index contributed by atoms with van der Waals surface area (Å²) in [6, 6.07) is 11.4. The third-order valence-electron chi connectivity index (χ3n) is 4.32. The van der Waals surface area contributed by atoms with E-state index in [1.807, 2.05) is 38.1 Å². The van der Waals surface area contributed by atoms with Crippen LogP contribution >= 0.6 is 11.8 Å². The lowest BCUT2D eigenvalue weighted by Gasteiger charge is -2.21. The number of rotatable bonds is 6. The van der Waals surface area contributed by atoms with Gasteiger partial charge in [0, 0.05) is 23.4 Å². The first kappa shape index (κ1) is 20.7. The molecule has 1 aliphatic heterocycles. The predicted octanol–water partition coefficient (Wildman–Crippen LogP) is 4.27. The Labute approximate surface area is 172 Å². The second-order valence-corrected chi connectivity index (χ2v) is 7.26. The van der Waals surface area contributed by atoms with Gasteiger partial charge in [-0.2, -0.15) is 0 Å². The maximum atomic E-state index is 13.2. The molecular weight excluding hydrogens is 394 g/mol. The summed E-state index contributed by atoms with van der Waals surface area (Å²) < 4.78 is 10.6. The highest BCUT2D eigenvalue weighted by atomic mass is 32.2. The molecule has 0 aromatic heterocycles. The highest BCUT2D eigenvalue weighted by Crippen LogP contribution is 2.34. The highest BCUT2D eigenvalue weighted by molar-refractivity contribution is 8.14. The average molecular weight is 415 g/mol. The van der Waals surface area contributed by atoms with Gasteiger partial charge in [0.1, 0.15) is 11.4 Å². The number of para-hydroxylation sites is 2. The standard InChI is InChI=1S/C20H21N3O5S/c1-4-28-17-8-6-5-7-15(17)21-20-22(13(2)12-29-20)19(24)14-9-10-18(27-3)16(11-14)23(25)26/h5-11,13H,4,12H2,1-3H3/t13-/m0/s1. The van der Waals surface area contributed by atoms with E-state index in [1.165, 1.54) is 37.1 Å². The van der Waals surface area contributed by atoms with Crippen molar-refractivity contribution in [1.82, 2.24) is 4.90 Å². The summed E-state index contributed by atoms with van der Waals surface area (Å²) >= 11 is 1.46. The van der Waals surface area contributed by atoms with Crippen LogP contribution in [-0.2, 0) is 0 Å². The van der Waals surface area contributed by atoms with Crippen molar-refractivity contribution in [1.29, 1.82) is 0 Å². The van der Waals surface area contributed by atoms with Gasteiger partial charge in [-0.3, -0.25) is 19.8 Å². The molecule has 29 heavy (non-hydrogen) atoms. The maximum Gasteiger partial charge on any atom is 0.311 e. The van der Waals surface area contributed by atoms with Gasteiger partial charge in [-0.15, -0.1) is 0 Å². The van der Waals surface area contributed by atoms with E-state index in [4.69, 9.17) is 9.47 Å². The van der Waals surface area contributed by atoms with Crippen LogP contribution in [0.5, 0.6) is 11.5 Å². The van der Waals surface area contributed by atoms with Crippen molar-refractivity contribution in [2.75, 3.05) is 19.5 Å². The number of nitrogens with zero attached hydrogens (tertiary/aromatic N) is 3. The summed E-state index contributed by atoms with van der Waals surface area (Å²) in [5.74, 6) is 1.07. The zero-order chi connectivity index (χ0) is 21.0. The molecule has 152 valence electrons. The van der Waals surface area contributed by atoms with E-state index in [9.17, 15) is 14.9 Å². The summed E-state index contributed by atoms with van der Waals surface area (Å²) in [5.41, 5.74) is 0.583. The van der Waals surface area contributed by atoms with Crippen molar-refractivity contribution < 1.29 is 19.2 Å². The monoisotopic (exact) mass is 415 g/mol.